The lowest BCUT2D eigenvalue weighted by Gasteiger charge is -2.18. The van der Waals surface area contributed by atoms with E-state index in [-0.39, 0.29) is 37.5 Å². The largest absolute Gasteiger partial charge is 0.462 e. The van der Waals surface area contributed by atoms with Gasteiger partial charge in [-0.1, -0.05) is 213 Å². The standard InChI is InChI=1S/C63H102O6/c1-4-7-10-13-16-19-22-25-27-29-30-31-32-33-34-35-37-38-41-44-47-50-53-56-62(65)68-59-60(58-67-61(64)55-52-49-46-43-40-24-21-18-15-12-9-6-3)69-63(66)57-54-51-48-45-42-39-36-28-26-23-20-17-14-11-8-5-2/h7,10,16,18-21,23,25,27-28,30-31,33-34,36-38,44,47,60H,4-6,8-9,11-15,17,22,24,26,29,32,35,39-43,45-46,48-59H2,1-3H3/b10-7-,19-16-,21-18-,23-20-,27-25-,31-30-,34-33-,36-28-,38-37-,47-44-. The summed E-state index contributed by atoms with van der Waals surface area (Å²) in [5.74, 6) is -0.998. The molecule has 0 aliphatic heterocycles. The number of rotatable bonds is 49. The second kappa shape index (κ2) is 56.4. The van der Waals surface area contributed by atoms with Gasteiger partial charge in [0.05, 0.1) is 0 Å². The Morgan fingerprint density at radius 2 is 0.580 bits per heavy atom. The van der Waals surface area contributed by atoms with E-state index in [1.165, 1.54) is 64.2 Å². The van der Waals surface area contributed by atoms with E-state index in [9.17, 15) is 14.4 Å². The molecular weight excluding hydrogens is 853 g/mol. The summed E-state index contributed by atoms with van der Waals surface area (Å²) in [6, 6.07) is 0. The van der Waals surface area contributed by atoms with Crippen molar-refractivity contribution in [2.75, 3.05) is 13.2 Å². The molecular formula is C63H102O6. The molecule has 1 unspecified atom stereocenters. The topological polar surface area (TPSA) is 78.9 Å². The van der Waals surface area contributed by atoms with Gasteiger partial charge in [0.25, 0.3) is 0 Å². The Morgan fingerprint density at radius 1 is 0.304 bits per heavy atom. The molecule has 0 rings (SSSR count). The molecule has 0 radical (unpaired) electrons. The molecule has 390 valence electrons. The zero-order chi connectivity index (χ0) is 50.0. The molecule has 6 heteroatoms. The molecule has 0 amide bonds. The highest BCUT2D eigenvalue weighted by Crippen LogP contribution is 2.13. The van der Waals surface area contributed by atoms with E-state index in [1.807, 2.05) is 0 Å². The van der Waals surface area contributed by atoms with Crippen LogP contribution in [0.2, 0.25) is 0 Å². The van der Waals surface area contributed by atoms with Crippen molar-refractivity contribution < 1.29 is 28.6 Å². The highest BCUT2D eigenvalue weighted by Gasteiger charge is 2.19. The zero-order valence-corrected chi connectivity index (χ0v) is 44.5. The number of allylic oxidation sites excluding steroid dienone is 20. The van der Waals surface area contributed by atoms with Crippen LogP contribution in [0.4, 0.5) is 0 Å². The lowest BCUT2D eigenvalue weighted by Crippen LogP contribution is -2.30. The molecule has 0 aromatic rings. The number of esters is 3. The minimum Gasteiger partial charge on any atom is -0.462 e. The second-order valence-electron chi connectivity index (χ2n) is 18.1. The summed E-state index contributed by atoms with van der Waals surface area (Å²) in [7, 11) is 0. The van der Waals surface area contributed by atoms with Crippen molar-refractivity contribution in [1.29, 1.82) is 0 Å². The van der Waals surface area contributed by atoms with Gasteiger partial charge in [0.15, 0.2) is 6.10 Å². The van der Waals surface area contributed by atoms with Crippen molar-refractivity contribution in [1.82, 2.24) is 0 Å². The van der Waals surface area contributed by atoms with Crippen LogP contribution in [0.1, 0.15) is 239 Å². The number of ether oxygens (including phenoxy) is 3. The maximum atomic E-state index is 12.8. The average Bonchev–Trinajstić information content (AvgIpc) is 3.35. The molecule has 0 aliphatic rings. The van der Waals surface area contributed by atoms with Gasteiger partial charge in [-0.25, -0.2) is 0 Å². The lowest BCUT2D eigenvalue weighted by atomic mass is 10.1. The van der Waals surface area contributed by atoms with E-state index in [1.54, 1.807) is 0 Å². The first-order valence-electron chi connectivity index (χ1n) is 28.0. The molecule has 69 heavy (non-hydrogen) atoms. The van der Waals surface area contributed by atoms with Crippen LogP contribution in [0.3, 0.4) is 0 Å². The SMILES string of the molecule is CC/C=C\C/C=C\C/C=C\C/C=C\C/C=C\C/C=C\C/C=C\CCCC(=O)OCC(COC(=O)CCCCCCC/C=C\CCCCC)OC(=O)CCCCCCC/C=C\C/C=C\CCCCCC. The Labute approximate surface area is 424 Å². The number of carbonyl (C=O) groups is 3. The first-order chi connectivity index (χ1) is 34.0. The first-order valence-corrected chi connectivity index (χ1v) is 28.0. The van der Waals surface area contributed by atoms with E-state index in [0.29, 0.717) is 19.3 Å². The smallest absolute Gasteiger partial charge is 0.306 e. The summed E-state index contributed by atoms with van der Waals surface area (Å²) in [6.07, 6.45) is 77.6. The molecule has 0 saturated carbocycles. The third kappa shape index (κ3) is 54.6. The Morgan fingerprint density at radius 3 is 0.986 bits per heavy atom. The molecule has 0 saturated heterocycles. The van der Waals surface area contributed by atoms with Gasteiger partial charge >= 0.3 is 17.9 Å². The first kappa shape index (κ1) is 64.8. The fourth-order valence-electron chi connectivity index (χ4n) is 7.22. The van der Waals surface area contributed by atoms with Crippen molar-refractivity contribution in [3.63, 3.8) is 0 Å². The van der Waals surface area contributed by atoms with Gasteiger partial charge in [-0.05, 0) is 128 Å². The number of carbonyl (C=O) groups excluding carboxylic acids is 3. The normalized spacial score (nSPS) is 13.0. The van der Waals surface area contributed by atoms with Crippen LogP contribution >= 0.6 is 0 Å². The van der Waals surface area contributed by atoms with Crippen LogP contribution in [-0.2, 0) is 28.6 Å². The van der Waals surface area contributed by atoms with Crippen molar-refractivity contribution in [3.05, 3.63) is 122 Å². The van der Waals surface area contributed by atoms with E-state index in [0.717, 1.165) is 128 Å². The fraction of sp³-hybridized carbons (Fsp3) is 0.635. The summed E-state index contributed by atoms with van der Waals surface area (Å²) in [5, 5.41) is 0. The molecule has 6 nitrogen and oxygen atoms in total. The molecule has 0 aromatic heterocycles. The summed E-state index contributed by atoms with van der Waals surface area (Å²) in [5.41, 5.74) is 0. The van der Waals surface area contributed by atoms with Crippen molar-refractivity contribution in [2.24, 2.45) is 0 Å². The zero-order valence-electron chi connectivity index (χ0n) is 44.5. The lowest BCUT2D eigenvalue weighted by molar-refractivity contribution is -0.167. The predicted octanol–water partition coefficient (Wildman–Crippen LogP) is 18.9. The van der Waals surface area contributed by atoms with Gasteiger partial charge in [0.2, 0.25) is 0 Å². The van der Waals surface area contributed by atoms with Gasteiger partial charge < -0.3 is 14.2 Å². The van der Waals surface area contributed by atoms with Crippen molar-refractivity contribution in [2.45, 2.75) is 245 Å². The number of hydrogen-bond donors (Lipinski definition) is 0. The maximum Gasteiger partial charge on any atom is 0.306 e. The van der Waals surface area contributed by atoms with Gasteiger partial charge in [0, 0.05) is 19.3 Å². The van der Waals surface area contributed by atoms with Crippen molar-refractivity contribution in [3.8, 4) is 0 Å². The fourth-order valence-corrected chi connectivity index (χ4v) is 7.22. The summed E-state index contributed by atoms with van der Waals surface area (Å²) >= 11 is 0. The Hall–Kier alpha value is -4.19. The van der Waals surface area contributed by atoms with E-state index < -0.39 is 6.10 Å². The second-order valence-corrected chi connectivity index (χ2v) is 18.1. The molecule has 0 spiro atoms. The maximum absolute atomic E-state index is 12.8. The van der Waals surface area contributed by atoms with Crippen LogP contribution in [0.5, 0.6) is 0 Å². The van der Waals surface area contributed by atoms with Gasteiger partial charge in [-0.2, -0.15) is 0 Å². The minimum atomic E-state index is -0.815. The van der Waals surface area contributed by atoms with Crippen molar-refractivity contribution >= 4 is 17.9 Å². The van der Waals surface area contributed by atoms with Crippen LogP contribution in [-0.4, -0.2) is 37.2 Å². The number of hydrogen-bond acceptors (Lipinski definition) is 6. The monoisotopic (exact) mass is 955 g/mol. The number of unbranched alkanes of at least 4 members (excludes halogenated alkanes) is 18. The van der Waals surface area contributed by atoms with E-state index in [4.69, 9.17) is 14.2 Å². The summed E-state index contributed by atoms with van der Waals surface area (Å²) in [4.78, 5) is 38.1. The van der Waals surface area contributed by atoms with E-state index in [2.05, 4.69) is 142 Å². The highest BCUT2D eigenvalue weighted by atomic mass is 16.6. The van der Waals surface area contributed by atoms with Gasteiger partial charge in [-0.3, -0.25) is 14.4 Å². The molecule has 0 aromatic carbocycles. The van der Waals surface area contributed by atoms with Crippen LogP contribution < -0.4 is 0 Å². The molecule has 0 aliphatic carbocycles. The third-order valence-electron chi connectivity index (χ3n) is 11.4. The molecule has 0 heterocycles. The highest BCUT2D eigenvalue weighted by molar-refractivity contribution is 5.71. The third-order valence-corrected chi connectivity index (χ3v) is 11.4. The van der Waals surface area contributed by atoms with E-state index >= 15 is 0 Å². The molecule has 0 fully saturated rings. The van der Waals surface area contributed by atoms with Crippen LogP contribution in [0, 0.1) is 0 Å². The average molecular weight is 956 g/mol. The van der Waals surface area contributed by atoms with Gasteiger partial charge in [0.1, 0.15) is 13.2 Å². The minimum absolute atomic E-state index is 0.109. The predicted molar refractivity (Wildman–Crippen MR) is 297 cm³/mol. The summed E-state index contributed by atoms with van der Waals surface area (Å²) in [6.45, 7) is 6.40. The van der Waals surface area contributed by atoms with Crippen LogP contribution in [0.25, 0.3) is 0 Å². The van der Waals surface area contributed by atoms with Crippen LogP contribution in [0.15, 0.2) is 122 Å². The molecule has 1 atom stereocenters. The molecule has 0 bridgehead atoms. The van der Waals surface area contributed by atoms with Gasteiger partial charge in [-0.15, -0.1) is 0 Å². The Kier molecular flexibility index (Phi) is 53.0. The quantitative estimate of drug-likeness (QED) is 0.0262. The Bertz CT molecular complexity index is 1470. The Balaban J connectivity index is 4.50. The summed E-state index contributed by atoms with van der Waals surface area (Å²) < 4.78 is 16.8. The molecule has 0 N–H and O–H groups in total.